The minimum Gasteiger partial charge on any atom is -0.346 e. The Morgan fingerprint density at radius 2 is 2.19 bits per heavy atom. The number of aromatic nitrogens is 2. The van der Waals surface area contributed by atoms with E-state index in [-0.39, 0.29) is 30.8 Å². The van der Waals surface area contributed by atoms with Gasteiger partial charge in [-0.1, -0.05) is 19.0 Å². The third kappa shape index (κ3) is 4.16. The van der Waals surface area contributed by atoms with Crippen molar-refractivity contribution in [2.45, 2.75) is 33.4 Å². The Kier molecular flexibility index (Phi) is 5.98. The number of carbonyl (C=O) groups excluding carboxylic acids is 1. The summed E-state index contributed by atoms with van der Waals surface area (Å²) in [5.41, 5.74) is 5.65. The van der Waals surface area contributed by atoms with Crippen LogP contribution >= 0.6 is 12.4 Å². The average molecular weight is 249 g/mol. The molecule has 0 aliphatic rings. The maximum absolute atomic E-state index is 11.4. The molecule has 0 aromatic carbocycles. The van der Waals surface area contributed by atoms with Gasteiger partial charge < -0.3 is 15.6 Å². The number of nitrogens with one attached hydrogen (secondary N) is 1. The Hall–Kier alpha value is -1.14. The average Bonchev–Trinajstić information content (AvgIpc) is 2.59. The van der Waals surface area contributed by atoms with E-state index < -0.39 is 6.04 Å². The van der Waals surface area contributed by atoms with Crippen LogP contribution in [0.25, 0.3) is 0 Å². The number of nitrogens with two attached hydrogens (primary N) is 1. The first-order valence-corrected chi connectivity index (χ1v) is 4.83. The smallest absolute Gasteiger partial charge is 0.246 e. The van der Waals surface area contributed by atoms with E-state index in [1.165, 1.54) is 0 Å². The highest BCUT2D eigenvalue weighted by Crippen LogP contribution is 1.99. The van der Waals surface area contributed by atoms with E-state index in [4.69, 9.17) is 10.3 Å². The Balaban J connectivity index is 0.00000225. The van der Waals surface area contributed by atoms with Gasteiger partial charge in [0.15, 0.2) is 5.82 Å². The molecule has 16 heavy (non-hydrogen) atoms. The van der Waals surface area contributed by atoms with Gasteiger partial charge in [0.25, 0.3) is 0 Å². The zero-order chi connectivity index (χ0) is 11.4. The second-order valence-electron chi connectivity index (χ2n) is 3.72. The second-order valence-corrected chi connectivity index (χ2v) is 3.72. The molecule has 1 rings (SSSR count). The lowest BCUT2D eigenvalue weighted by Gasteiger charge is -2.14. The predicted octanol–water partition coefficient (Wildman–Crippen LogP) is 0.399. The zero-order valence-electron chi connectivity index (χ0n) is 9.56. The highest BCUT2D eigenvalue weighted by molar-refractivity contribution is 5.85. The number of nitrogens with zero attached hydrogens (tertiary/aromatic N) is 2. The molecule has 1 aromatic rings. The van der Waals surface area contributed by atoms with E-state index >= 15 is 0 Å². The van der Waals surface area contributed by atoms with Gasteiger partial charge in [-0.05, 0) is 12.8 Å². The molecule has 0 unspecified atom stereocenters. The van der Waals surface area contributed by atoms with Crippen LogP contribution in [0.2, 0.25) is 0 Å². The van der Waals surface area contributed by atoms with Crippen LogP contribution in [-0.4, -0.2) is 22.1 Å². The Bertz CT molecular complexity index is 340. The van der Waals surface area contributed by atoms with E-state index in [2.05, 4.69) is 15.5 Å². The van der Waals surface area contributed by atoms with Gasteiger partial charge in [0, 0.05) is 0 Å². The Morgan fingerprint density at radius 3 is 2.62 bits per heavy atom. The molecule has 0 radical (unpaired) electrons. The van der Waals surface area contributed by atoms with Crippen LogP contribution < -0.4 is 11.1 Å². The Labute approximate surface area is 100 Å². The predicted molar refractivity (Wildman–Crippen MR) is 60.9 cm³/mol. The van der Waals surface area contributed by atoms with Crippen molar-refractivity contribution in [1.29, 1.82) is 0 Å². The van der Waals surface area contributed by atoms with Crippen molar-refractivity contribution in [1.82, 2.24) is 15.5 Å². The monoisotopic (exact) mass is 248 g/mol. The standard InChI is InChI=1S/C9H16N4O2.ClH/c1-5(2)8(10)9(14)11-4-7-12-6(3)13-15-7;/h5,8H,4,10H2,1-3H3,(H,11,14);1H/t8-;/m1./s1. The lowest BCUT2D eigenvalue weighted by molar-refractivity contribution is -0.123. The summed E-state index contributed by atoms with van der Waals surface area (Å²) >= 11 is 0. The lowest BCUT2D eigenvalue weighted by Crippen LogP contribution is -2.43. The molecular formula is C9H17ClN4O2. The lowest BCUT2D eigenvalue weighted by atomic mass is 10.1. The van der Waals surface area contributed by atoms with Gasteiger partial charge >= 0.3 is 0 Å². The Morgan fingerprint density at radius 1 is 1.56 bits per heavy atom. The number of rotatable bonds is 4. The van der Waals surface area contributed by atoms with E-state index in [1.54, 1.807) is 6.92 Å². The van der Waals surface area contributed by atoms with Crippen molar-refractivity contribution in [3.05, 3.63) is 11.7 Å². The first kappa shape index (κ1) is 14.9. The summed E-state index contributed by atoms with van der Waals surface area (Å²) in [4.78, 5) is 15.4. The fraction of sp³-hybridized carbons (Fsp3) is 0.667. The van der Waals surface area contributed by atoms with Gasteiger partial charge in [0.05, 0.1) is 12.6 Å². The largest absolute Gasteiger partial charge is 0.346 e. The zero-order valence-corrected chi connectivity index (χ0v) is 10.4. The van der Waals surface area contributed by atoms with Gasteiger partial charge in [-0.2, -0.15) is 4.98 Å². The SMILES string of the molecule is Cc1noc(CNC(=O)[C@H](N)C(C)C)n1.Cl. The van der Waals surface area contributed by atoms with Crippen molar-refractivity contribution >= 4 is 18.3 Å². The molecule has 92 valence electrons. The summed E-state index contributed by atoms with van der Waals surface area (Å²) in [6.45, 7) is 5.72. The number of hydrogen-bond acceptors (Lipinski definition) is 5. The fourth-order valence-electron chi connectivity index (χ4n) is 0.995. The van der Waals surface area contributed by atoms with E-state index in [1.807, 2.05) is 13.8 Å². The molecule has 0 saturated carbocycles. The maximum atomic E-state index is 11.4. The summed E-state index contributed by atoms with van der Waals surface area (Å²) < 4.78 is 4.84. The van der Waals surface area contributed by atoms with Gasteiger partial charge in [0.1, 0.15) is 0 Å². The van der Waals surface area contributed by atoms with Crippen LogP contribution in [0.5, 0.6) is 0 Å². The maximum Gasteiger partial charge on any atom is 0.246 e. The molecule has 3 N–H and O–H groups in total. The summed E-state index contributed by atoms with van der Waals surface area (Å²) in [7, 11) is 0. The van der Waals surface area contributed by atoms with Crippen LogP contribution in [0.15, 0.2) is 4.52 Å². The molecule has 0 aliphatic carbocycles. The molecule has 1 amide bonds. The quantitative estimate of drug-likeness (QED) is 0.804. The van der Waals surface area contributed by atoms with Crippen molar-refractivity contribution in [2.24, 2.45) is 11.7 Å². The summed E-state index contributed by atoms with van der Waals surface area (Å²) in [6, 6.07) is -0.506. The van der Waals surface area contributed by atoms with Gasteiger partial charge in [0.2, 0.25) is 11.8 Å². The van der Waals surface area contributed by atoms with E-state index in [0.717, 1.165) is 0 Å². The molecule has 0 saturated heterocycles. The number of hydrogen-bond donors (Lipinski definition) is 2. The van der Waals surface area contributed by atoms with Gasteiger partial charge in [-0.15, -0.1) is 12.4 Å². The molecular weight excluding hydrogens is 232 g/mol. The van der Waals surface area contributed by atoms with Crippen molar-refractivity contribution in [2.75, 3.05) is 0 Å². The van der Waals surface area contributed by atoms with Crippen LogP contribution in [0.4, 0.5) is 0 Å². The topological polar surface area (TPSA) is 94.0 Å². The van der Waals surface area contributed by atoms with Crippen LogP contribution in [0.3, 0.4) is 0 Å². The normalized spacial score (nSPS) is 12.1. The van der Waals surface area contributed by atoms with Crippen molar-refractivity contribution in [3.63, 3.8) is 0 Å². The minimum absolute atomic E-state index is 0. The number of aryl methyl sites for hydroxylation is 1. The van der Waals surface area contributed by atoms with Crippen LogP contribution in [-0.2, 0) is 11.3 Å². The molecule has 0 fully saturated rings. The number of amides is 1. The molecule has 1 atom stereocenters. The second kappa shape index (κ2) is 6.44. The molecule has 0 bridgehead atoms. The highest BCUT2D eigenvalue weighted by atomic mass is 35.5. The molecule has 1 aromatic heterocycles. The van der Waals surface area contributed by atoms with Crippen molar-refractivity contribution in [3.8, 4) is 0 Å². The van der Waals surface area contributed by atoms with Crippen LogP contribution in [0, 0.1) is 12.8 Å². The summed E-state index contributed by atoms with van der Waals surface area (Å²) in [5.74, 6) is 0.833. The fourth-order valence-corrected chi connectivity index (χ4v) is 0.995. The van der Waals surface area contributed by atoms with Gasteiger partial charge in [-0.3, -0.25) is 4.79 Å². The highest BCUT2D eigenvalue weighted by Gasteiger charge is 2.17. The third-order valence-electron chi connectivity index (χ3n) is 2.00. The molecule has 0 spiro atoms. The molecule has 6 nitrogen and oxygen atoms in total. The molecule has 0 aliphatic heterocycles. The first-order chi connectivity index (χ1) is 7.00. The number of halogens is 1. The minimum atomic E-state index is -0.506. The molecule has 7 heteroatoms. The summed E-state index contributed by atoms with van der Waals surface area (Å²) in [6.07, 6.45) is 0. The van der Waals surface area contributed by atoms with Crippen LogP contribution in [0.1, 0.15) is 25.6 Å². The van der Waals surface area contributed by atoms with E-state index in [0.29, 0.717) is 11.7 Å². The molecule has 1 heterocycles. The summed E-state index contributed by atoms with van der Waals surface area (Å²) in [5, 5.41) is 6.24. The van der Waals surface area contributed by atoms with E-state index in [9.17, 15) is 4.79 Å². The first-order valence-electron chi connectivity index (χ1n) is 4.83. The van der Waals surface area contributed by atoms with Gasteiger partial charge in [-0.25, -0.2) is 0 Å². The third-order valence-corrected chi connectivity index (χ3v) is 2.00. The number of carbonyl (C=O) groups is 1. The van der Waals surface area contributed by atoms with Crippen molar-refractivity contribution < 1.29 is 9.32 Å².